The molecule has 11 heteroatoms. The molecular weight excluding hydrogens is 417 g/mol. The molecule has 168 valence electrons. The van der Waals surface area contributed by atoms with Crippen LogP contribution in [0.1, 0.15) is 50.5 Å². The topological polar surface area (TPSA) is 112 Å². The molecule has 3 rings (SSSR count). The van der Waals surface area contributed by atoms with Crippen LogP contribution < -0.4 is 5.73 Å². The Bertz CT molecular complexity index is 976. The van der Waals surface area contributed by atoms with Crippen molar-refractivity contribution in [1.29, 1.82) is 0 Å². The van der Waals surface area contributed by atoms with Gasteiger partial charge in [0.2, 0.25) is 5.89 Å². The zero-order valence-electron chi connectivity index (χ0n) is 17.3. The zero-order valence-corrected chi connectivity index (χ0v) is 17.3. The van der Waals surface area contributed by atoms with Gasteiger partial charge in [-0.1, -0.05) is 25.9 Å². The van der Waals surface area contributed by atoms with E-state index in [9.17, 15) is 22.8 Å². The Labute approximate surface area is 176 Å². The Morgan fingerprint density at radius 2 is 2.00 bits per heavy atom. The van der Waals surface area contributed by atoms with E-state index < -0.39 is 41.5 Å². The summed E-state index contributed by atoms with van der Waals surface area (Å²) in [5, 5.41) is 3.94. The van der Waals surface area contributed by atoms with E-state index in [0.717, 1.165) is 0 Å². The second-order valence-electron chi connectivity index (χ2n) is 8.42. The molecule has 1 fully saturated rings. The first-order chi connectivity index (χ1) is 14.5. The van der Waals surface area contributed by atoms with Crippen molar-refractivity contribution in [2.45, 2.75) is 57.2 Å². The Balaban J connectivity index is 1.76. The molecule has 2 N–H and O–H groups in total. The monoisotopic (exact) mass is 440 g/mol. The number of ether oxygens (including phenoxy) is 1. The van der Waals surface area contributed by atoms with Crippen LogP contribution in [0.4, 0.5) is 13.2 Å². The van der Waals surface area contributed by atoms with Crippen LogP contribution in [0.15, 0.2) is 16.7 Å². The number of halogens is 3. The van der Waals surface area contributed by atoms with Gasteiger partial charge in [0.1, 0.15) is 11.9 Å². The fraction of sp³-hybridized carbons (Fsp3) is 0.500. The molecule has 0 radical (unpaired) electrons. The lowest BCUT2D eigenvalue weighted by Crippen LogP contribution is -2.55. The van der Waals surface area contributed by atoms with Crippen LogP contribution in [-0.2, 0) is 26.2 Å². The summed E-state index contributed by atoms with van der Waals surface area (Å²) in [6.45, 7) is 6.13. The number of amides is 1. The van der Waals surface area contributed by atoms with Crippen molar-refractivity contribution in [1.82, 2.24) is 15.0 Å². The van der Waals surface area contributed by atoms with Gasteiger partial charge in [-0.25, -0.2) is 13.2 Å². The van der Waals surface area contributed by atoms with Crippen LogP contribution in [0.2, 0.25) is 0 Å². The first-order valence-corrected chi connectivity index (χ1v) is 9.65. The Kier molecular flexibility index (Phi) is 6.35. The van der Waals surface area contributed by atoms with Crippen LogP contribution in [-0.4, -0.2) is 46.1 Å². The number of likely N-dealkylation sites (tertiary alicyclic amines) is 1. The van der Waals surface area contributed by atoms with E-state index in [1.54, 1.807) is 0 Å². The highest BCUT2D eigenvalue weighted by atomic mass is 19.2. The third-order valence-electron chi connectivity index (χ3n) is 5.08. The maximum Gasteiger partial charge on any atom is 0.293 e. The summed E-state index contributed by atoms with van der Waals surface area (Å²) in [4.78, 5) is 29.7. The number of nitrogens with zero attached hydrogens (tertiary/aromatic N) is 3. The summed E-state index contributed by atoms with van der Waals surface area (Å²) in [5.41, 5.74) is 5.40. The molecule has 1 aromatic heterocycles. The lowest BCUT2D eigenvalue weighted by molar-refractivity contribution is -0.159. The molecule has 2 heterocycles. The Morgan fingerprint density at radius 3 is 2.55 bits per heavy atom. The van der Waals surface area contributed by atoms with Gasteiger partial charge < -0.3 is 19.9 Å². The van der Waals surface area contributed by atoms with Crippen molar-refractivity contribution < 1.29 is 32.0 Å². The number of aromatic nitrogens is 2. The van der Waals surface area contributed by atoms with Gasteiger partial charge in [-0.05, 0) is 24.5 Å². The van der Waals surface area contributed by atoms with Gasteiger partial charge >= 0.3 is 0 Å². The Morgan fingerprint density at radius 1 is 1.32 bits per heavy atom. The first-order valence-electron chi connectivity index (χ1n) is 9.65. The fourth-order valence-electron chi connectivity index (χ4n) is 3.23. The lowest BCUT2D eigenvalue weighted by Gasteiger charge is -2.40. The van der Waals surface area contributed by atoms with E-state index in [0.29, 0.717) is 30.9 Å². The minimum absolute atomic E-state index is 0.0588. The number of rotatable bonds is 7. The molecule has 1 amide bonds. The molecule has 3 atom stereocenters. The molecule has 1 unspecified atom stereocenters. The number of nitrogens with two attached hydrogens (primary N) is 1. The SMILES string of the molecule is CC(C)(C)c1noc([C@@H]2CCN2C(=O)C(OC=O)[C@H](N)Cc2cc(F)c(F)cc2F)n1. The summed E-state index contributed by atoms with van der Waals surface area (Å²) in [5.74, 6) is -3.52. The normalized spacial score (nSPS) is 18.3. The number of benzene rings is 1. The summed E-state index contributed by atoms with van der Waals surface area (Å²) in [6, 6.07) is -0.665. The number of hydrogen-bond acceptors (Lipinski definition) is 7. The molecule has 1 aliphatic rings. The third-order valence-corrected chi connectivity index (χ3v) is 5.08. The lowest BCUT2D eigenvalue weighted by atomic mass is 9.95. The molecule has 0 bridgehead atoms. The highest BCUT2D eigenvalue weighted by Crippen LogP contribution is 2.34. The minimum atomic E-state index is -1.46. The molecule has 31 heavy (non-hydrogen) atoms. The Hall–Kier alpha value is -2.95. The zero-order chi connectivity index (χ0) is 22.9. The highest BCUT2D eigenvalue weighted by molar-refractivity contribution is 5.83. The number of hydrogen-bond donors (Lipinski definition) is 1. The van der Waals surface area contributed by atoms with Gasteiger partial charge in [-0.15, -0.1) is 0 Å². The maximum atomic E-state index is 14.0. The van der Waals surface area contributed by atoms with Gasteiger partial charge in [0.25, 0.3) is 12.4 Å². The standard InChI is InChI=1S/C20H23F3N4O4/c1-20(2,3)19-25-17(31-26-19)15-4-5-27(15)18(29)16(30-9-28)14(24)7-10-6-12(22)13(23)8-11(10)21/h6,8-9,14-16H,4-5,7,24H2,1-3H3/t14-,15+,16?/m1/s1. The first kappa shape index (κ1) is 22.7. The third kappa shape index (κ3) is 4.71. The number of carbonyl (C=O) groups excluding carboxylic acids is 2. The predicted octanol–water partition coefficient (Wildman–Crippen LogP) is 2.17. The van der Waals surface area contributed by atoms with Crippen molar-refractivity contribution in [2.75, 3.05) is 6.54 Å². The largest absolute Gasteiger partial charge is 0.453 e. The van der Waals surface area contributed by atoms with Crippen LogP contribution in [0, 0.1) is 17.5 Å². The molecule has 2 aromatic rings. The van der Waals surface area contributed by atoms with Crippen molar-refractivity contribution in [2.24, 2.45) is 5.73 Å². The molecule has 0 spiro atoms. The molecule has 1 aromatic carbocycles. The summed E-state index contributed by atoms with van der Waals surface area (Å²) >= 11 is 0. The quantitative estimate of drug-likeness (QED) is 0.519. The predicted molar refractivity (Wildman–Crippen MR) is 101 cm³/mol. The van der Waals surface area contributed by atoms with Crippen LogP contribution >= 0.6 is 0 Å². The number of carbonyl (C=O) groups is 2. The van der Waals surface area contributed by atoms with Crippen molar-refractivity contribution in [3.05, 3.63) is 46.9 Å². The van der Waals surface area contributed by atoms with E-state index in [-0.39, 0.29) is 29.8 Å². The van der Waals surface area contributed by atoms with Gasteiger partial charge in [0, 0.05) is 18.0 Å². The van der Waals surface area contributed by atoms with Gasteiger partial charge in [0.05, 0.1) is 6.04 Å². The summed E-state index contributed by atoms with van der Waals surface area (Å²) < 4.78 is 50.7. The van der Waals surface area contributed by atoms with Crippen molar-refractivity contribution in [3.8, 4) is 0 Å². The molecule has 1 aliphatic heterocycles. The fourth-order valence-corrected chi connectivity index (χ4v) is 3.23. The molecule has 8 nitrogen and oxygen atoms in total. The average Bonchev–Trinajstić information content (AvgIpc) is 3.12. The molecule has 1 saturated heterocycles. The average molecular weight is 440 g/mol. The van der Waals surface area contributed by atoms with Gasteiger partial charge in [0.15, 0.2) is 23.6 Å². The van der Waals surface area contributed by atoms with Crippen LogP contribution in [0.25, 0.3) is 0 Å². The summed E-state index contributed by atoms with van der Waals surface area (Å²) in [7, 11) is 0. The van der Waals surface area contributed by atoms with Crippen molar-refractivity contribution >= 4 is 12.4 Å². The maximum absolute atomic E-state index is 14.0. The second-order valence-corrected chi connectivity index (χ2v) is 8.42. The van der Waals surface area contributed by atoms with Gasteiger partial charge in [-0.2, -0.15) is 4.98 Å². The second kappa shape index (κ2) is 8.66. The minimum Gasteiger partial charge on any atom is -0.453 e. The van der Waals surface area contributed by atoms with Gasteiger partial charge in [-0.3, -0.25) is 9.59 Å². The van der Waals surface area contributed by atoms with Crippen molar-refractivity contribution in [3.63, 3.8) is 0 Å². The summed E-state index contributed by atoms with van der Waals surface area (Å²) in [6.07, 6.45) is -1.27. The van der Waals surface area contributed by atoms with E-state index >= 15 is 0 Å². The highest BCUT2D eigenvalue weighted by Gasteiger charge is 2.43. The van der Waals surface area contributed by atoms with E-state index in [2.05, 4.69) is 10.1 Å². The molecule has 0 aliphatic carbocycles. The smallest absolute Gasteiger partial charge is 0.293 e. The van der Waals surface area contributed by atoms with E-state index in [1.807, 2.05) is 20.8 Å². The molecule has 0 saturated carbocycles. The van der Waals surface area contributed by atoms with E-state index in [4.69, 9.17) is 15.0 Å². The van der Waals surface area contributed by atoms with Crippen LogP contribution in [0.5, 0.6) is 0 Å². The van der Waals surface area contributed by atoms with Crippen LogP contribution in [0.3, 0.4) is 0 Å². The van der Waals surface area contributed by atoms with E-state index in [1.165, 1.54) is 4.90 Å². The molecular formula is C20H23F3N4O4.